The summed E-state index contributed by atoms with van der Waals surface area (Å²) in [6, 6.07) is 16.5. The molecular formula is C23H29ClN4O2S. The second kappa shape index (κ2) is 10.6. The van der Waals surface area contributed by atoms with E-state index in [0.29, 0.717) is 16.5 Å². The standard InChI is InChI=1S/C21H23ClN4O.C2H6OS/c1-14-5-11-17(12-6-14)26-19(13-18(25-26)21(2,3)4)24-20(27)23-16-9-7-15(22)8-10-16;1-4(2)3/h5-13H,1-4H3,(H2,23,24,27);1-2H3. The third-order valence-electron chi connectivity index (χ3n) is 4.10. The summed E-state index contributed by atoms with van der Waals surface area (Å²) in [6.07, 6.45) is 3.28. The van der Waals surface area contributed by atoms with Gasteiger partial charge in [-0.05, 0) is 43.3 Å². The van der Waals surface area contributed by atoms with Crippen molar-refractivity contribution in [3.05, 3.63) is 70.9 Å². The Hall–Kier alpha value is -2.64. The molecule has 0 spiro atoms. The fourth-order valence-electron chi connectivity index (χ4n) is 2.53. The lowest BCUT2D eigenvalue weighted by atomic mass is 9.92. The van der Waals surface area contributed by atoms with Crippen molar-refractivity contribution in [2.75, 3.05) is 23.1 Å². The van der Waals surface area contributed by atoms with Gasteiger partial charge < -0.3 is 5.32 Å². The molecule has 0 atom stereocenters. The molecule has 0 bridgehead atoms. The van der Waals surface area contributed by atoms with Gasteiger partial charge in [-0.15, -0.1) is 0 Å². The first-order chi connectivity index (χ1) is 14.5. The highest BCUT2D eigenvalue weighted by atomic mass is 35.5. The Morgan fingerprint density at radius 1 is 1.00 bits per heavy atom. The fourth-order valence-corrected chi connectivity index (χ4v) is 2.66. The van der Waals surface area contributed by atoms with E-state index in [1.54, 1.807) is 41.5 Å². The Bertz CT molecular complexity index is 1030. The lowest BCUT2D eigenvalue weighted by molar-refractivity contribution is 0.262. The van der Waals surface area contributed by atoms with Crippen molar-refractivity contribution in [2.45, 2.75) is 33.1 Å². The van der Waals surface area contributed by atoms with Crippen LogP contribution in [-0.4, -0.2) is 32.5 Å². The largest absolute Gasteiger partial charge is 0.324 e. The highest BCUT2D eigenvalue weighted by Crippen LogP contribution is 2.26. The van der Waals surface area contributed by atoms with Crippen LogP contribution in [-0.2, 0) is 16.2 Å². The summed E-state index contributed by atoms with van der Waals surface area (Å²) in [5.74, 6) is 0.607. The minimum atomic E-state index is -0.611. The Morgan fingerprint density at radius 3 is 2.06 bits per heavy atom. The molecule has 0 saturated heterocycles. The van der Waals surface area contributed by atoms with Gasteiger partial charge in [0.05, 0.1) is 11.4 Å². The van der Waals surface area contributed by atoms with Crippen LogP contribution in [0.1, 0.15) is 32.0 Å². The van der Waals surface area contributed by atoms with Gasteiger partial charge in [-0.3, -0.25) is 9.53 Å². The maximum atomic E-state index is 12.5. The summed E-state index contributed by atoms with van der Waals surface area (Å²) in [4.78, 5) is 12.5. The third-order valence-corrected chi connectivity index (χ3v) is 4.35. The van der Waals surface area contributed by atoms with E-state index in [9.17, 15) is 9.00 Å². The Kier molecular flexibility index (Phi) is 8.42. The number of rotatable bonds is 3. The molecule has 0 aliphatic carbocycles. The van der Waals surface area contributed by atoms with E-state index in [0.717, 1.165) is 16.9 Å². The van der Waals surface area contributed by atoms with Gasteiger partial charge in [0.1, 0.15) is 5.82 Å². The summed E-state index contributed by atoms with van der Waals surface area (Å²) in [5, 5.41) is 11.0. The molecule has 0 radical (unpaired) electrons. The molecule has 1 aromatic heterocycles. The second-order valence-electron chi connectivity index (χ2n) is 8.24. The zero-order valence-electron chi connectivity index (χ0n) is 18.7. The smallest absolute Gasteiger partial charge is 0.308 e. The molecule has 2 N–H and O–H groups in total. The quantitative estimate of drug-likeness (QED) is 0.520. The predicted octanol–water partition coefficient (Wildman–Crippen LogP) is 5.77. The molecule has 2 amide bonds. The number of aromatic nitrogens is 2. The fraction of sp³-hybridized carbons (Fsp3) is 0.304. The summed E-state index contributed by atoms with van der Waals surface area (Å²) in [7, 11) is -0.611. The second-order valence-corrected chi connectivity index (χ2v) is 10.2. The van der Waals surface area contributed by atoms with Crippen molar-refractivity contribution in [1.29, 1.82) is 0 Å². The van der Waals surface area contributed by atoms with E-state index in [4.69, 9.17) is 16.7 Å². The van der Waals surface area contributed by atoms with Crippen LogP contribution >= 0.6 is 11.6 Å². The minimum Gasteiger partial charge on any atom is -0.308 e. The van der Waals surface area contributed by atoms with E-state index in [1.165, 1.54) is 0 Å². The van der Waals surface area contributed by atoms with E-state index < -0.39 is 10.8 Å². The predicted molar refractivity (Wildman–Crippen MR) is 131 cm³/mol. The molecule has 166 valence electrons. The summed E-state index contributed by atoms with van der Waals surface area (Å²) in [6.45, 7) is 8.30. The van der Waals surface area contributed by atoms with Gasteiger partial charge in [0.15, 0.2) is 0 Å². The van der Waals surface area contributed by atoms with Gasteiger partial charge in [0.2, 0.25) is 0 Å². The molecule has 0 aliphatic rings. The van der Waals surface area contributed by atoms with Crippen LogP contribution in [0, 0.1) is 6.92 Å². The molecule has 1 heterocycles. The summed E-state index contributed by atoms with van der Waals surface area (Å²) in [5.41, 5.74) is 3.47. The molecule has 0 aliphatic heterocycles. The Balaban J connectivity index is 0.000000785. The van der Waals surface area contributed by atoms with Crippen molar-refractivity contribution in [3.63, 3.8) is 0 Å². The van der Waals surface area contributed by atoms with Crippen LogP contribution in [0.5, 0.6) is 0 Å². The first-order valence-electron chi connectivity index (χ1n) is 9.72. The molecular weight excluding hydrogens is 432 g/mol. The first-order valence-corrected chi connectivity index (χ1v) is 12.1. The van der Waals surface area contributed by atoms with Gasteiger partial charge in [0.25, 0.3) is 0 Å². The van der Waals surface area contributed by atoms with Crippen LogP contribution in [0.4, 0.5) is 16.3 Å². The lowest BCUT2D eigenvalue weighted by Gasteiger charge is -2.14. The summed E-state index contributed by atoms with van der Waals surface area (Å²) < 4.78 is 11.3. The van der Waals surface area contributed by atoms with E-state index >= 15 is 0 Å². The summed E-state index contributed by atoms with van der Waals surface area (Å²) >= 11 is 5.88. The molecule has 3 aromatic rings. The number of aryl methyl sites for hydroxylation is 1. The SMILES string of the molecule is CS(C)=O.Cc1ccc(-n2nc(C(C)(C)C)cc2NC(=O)Nc2ccc(Cl)cc2)cc1. The zero-order valence-corrected chi connectivity index (χ0v) is 20.3. The number of carbonyl (C=O) groups excluding carboxylic acids is 1. The van der Waals surface area contributed by atoms with Crippen LogP contribution in [0.2, 0.25) is 5.02 Å². The monoisotopic (exact) mass is 460 g/mol. The topological polar surface area (TPSA) is 76.0 Å². The van der Waals surface area contributed by atoms with Gasteiger partial charge >= 0.3 is 6.03 Å². The number of nitrogens with zero attached hydrogens (tertiary/aromatic N) is 2. The first kappa shape index (κ1) is 24.6. The van der Waals surface area contributed by atoms with Crippen LogP contribution in [0.25, 0.3) is 5.69 Å². The van der Waals surface area contributed by atoms with Crippen molar-refractivity contribution >= 4 is 39.9 Å². The maximum absolute atomic E-state index is 12.5. The number of urea groups is 1. The number of amides is 2. The normalized spacial score (nSPS) is 11.0. The van der Waals surface area contributed by atoms with E-state index in [1.807, 2.05) is 37.3 Å². The van der Waals surface area contributed by atoms with Crippen LogP contribution in [0.15, 0.2) is 54.6 Å². The lowest BCUT2D eigenvalue weighted by Crippen LogP contribution is -2.21. The zero-order chi connectivity index (χ0) is 23.2. The Morgan fingerprint density at radius 2 is 1.55 bits per heavy atom. The number of nitrogens with one attached hydrogen (secondary N) is 2. The van der Waals surface area contributed by atoms with Gasteiger partial charge in [-0.25, -0.2) is 9.48 Å². The number of anilines is 2. The van der Waals surface area contributed by atoms with Crippen molar-refractivity contribution in [2.24, 2.45) is 0 Å². The minimum absolute atomic E-state index is 0.140. The molecule has 2 aromatic carbocycles. The number of carbonyl (C=O) groups is 1. The molecule has 3 rings (SSSR count). The molecule has 0 unspecified atom stereocenters. The third kappa shape index (κ3) is 7.84. The van der Waals surface area contributed by atoms with Gasteiger partial charge in [0, 0.05) is 45.5 Å². The molecule has 0 saturated carbocycles. The highest BCUT2D eigenvalue weighted by Gasteiger charge is 2.21. The van der Waals surface area contributed by atoms with Crippen molar-refractivity contribution in [1.82, 2.24) is 9.78 Å². The van der Waals surface area contributed by atoms with E-state index in [-0.39, 0.29) is 11.4 Å². The molecule has 8 heteroatoms. The Labute approximate surface area is 191 Å². The number of hydrogen-bond donors (Lipinski definition) is 2. The number of benzene rings is 2. The van der Waals surface area contributed by atoms with Gasteiger partial charge in [-0.2, -0.15) is 5.10 Å². The van der Waals surface area contributed by atoms with Crippen LogP contribution < -0.4 is 10.6 Å². The average molecular weight is 461 g/mol. The molecule has 6 nitrogen and oxygen atoms in total. The maximum Gasteiger partial charge on any atom is 0.324 e. The number of hydrogen-bond acceptors (Lipinski definition) is 3. The van der Waals surface area contributed by atoms with Gasteiger partial charge in [-0.1, -0.05) is 50.1 Å². The average Bonchev–Trinajstić information content (AvgIpc) is 3.08. The number of halogens is 1. The molecule has 0 fully saturated rings. The van der Waals surface area contributed by atoms with Crippen molar-refractivity contribution < 1.29 is 9.00 Å². The highest BCUT2D eigenvalue weighted by molar-refractivity contribution is 7.83. The molecule has 31 heavy (non-hydrogen) atoms. The van der Waals surface area contributed by atoms with Crippen molar-refractivity contribution in [3.8, 4) is 5.69 Å². The van der Waals surface area contributed by atoms with Crippen LogP contribution in [0.3, 0.4) is 0 Å². The van der Waals surface area contributed by atoms with E-state index in [2.05, 4.69) is 31.4 Å².